The predicted molar refractivity (Wildman–Crippen MR) is 130 cm³/mol. The maximum Gasteiger partial charge on any atom is 0.264 e. The minimum absolute atomic E-state index is 0.150. The molecule has 2 aliphatic heterocycles. The van der Waals surface area contributed by atoms with Gasteiger partial charge in [0.1, 0.15) is 16.4 Å². The third kappa shape index (κ3) is 4.65. The summed E-state index contributed by atoms with van der Waals surface area (Å²) in [5.74, 6) is 1.22. The van der Waals surface area contributed by atoms with Crippen molar-refractivity contribution in [3.63, 3.8) is 0 Å². The van der Waals surface area contributed by atoms with Crippen LogP contribution in [-0.4, -0.2) is 59.9 Å². The number of piperidine rings is 1. The van der Waals surface area contributed by atoms with Gasteiger partial charge in [-0.25, -0.2) is 4.98 Å². The number of H-pyrrole nitrogens is 1. The number of hydrogen-bond donors (Lipinski definition) is 3. The molecule has 5 rings (SSSR count). The van der Waals surface area contributed by atoms with Crippen LogP contribution in [-0.2, 0) is 11.2 Å². The third-order valence-corrected chi connectivity index (χ3v) is 7.27. The molecule has 2 unspecified atom stereocenters. The lowest BCUT2D eigenvalue weighted by atomic mass is 10.1. The smallest absolute Gasteiger partial charge is 0.264 e. The molecule has 2 fully saturated rings. The van der Waals surface area contributed by atoms with Gasteiger partial charge in [0.05, 0.1) is 18.4 Å². The first-order chi connectivity index (χ1) is 15.7. The Hall–Kier alpha value is -2.49. The minimum Gasteiger partial charge on any atom is -0.377 e. The SMILES string of the molecule is CC1CCN(c2nc(NC3CCCNC3)c(-c3nc4c(s3)CC=CC=C4)c(=O)[nH]2)CCO1. The van der Waals surface area contributed by atoms with Crippen LogP contribution in [0, 0.1) is 0 Å². The van der Waals surface area contributed by atoms with Gasteiger partial charge in [-0.1, -0.05) is 18.2 Å². The van der Waals surface area contributed by atoms with E-state index in [0.717, 1.165) is 55.9 Å². The first-order valence-electron chi connectivity index (χ1n) is 11.5. The standard InChI is InChI=1S/C23H30N6O2S/c1-15-9-11-29(12-13-31-15)23-27-20(25-16-6-5-10-24-14-16)19(21(30)28-23)22-26-17-7-3-2-4-8-18(17)32-22/h2-4,7,15-16,24H,5-6,8-14H2,1H3,(H2,25,27,28,30). The van der Waals surface area contributed by atoms with Crippen molar-refractivity contribution in [3.8, 4) is 10.6 Å². The fraction of sp³-hybridized carbons (Fsp3) is 0.522. The molecule has 8 nitrogen and oxygen atoms in total. The molecule has 9 heteroatoms. The summed E-state index contributed by atoms with van der Waals surface area (Å²) in [4.78, 5) is 29.5. The second-order valence-corrected chi connectivity index (χ2v) is 9.66. The Balaban J connectivity index is 1.53. The van der Waals surface area contributed by atoms with Gasteiger partial charge in [0.25, 0.3) is 5.56 Å². The monoisotopic (exact) mass is 454 g/mol. The lowest BCUT2D eigenvalue weighted by molar-refractivity contribution is 0.0787. The van der Waals surface area contributed by atoms with E-state index in [2.05, 4.69) is 33.5 Å². The Bertz CT molecular complexity index is 1070. The highest BCUT2D eigenvalue weighted by atomic mass is 32.1. The molecule has 2 aromatic heterocycles. The first-order valence-corrected chi connectivity index (χ1v) is 12.3. The maximum atomic E-state index is 13.4. The second kappa shape index (κ2) is 9.56. The molecule has 3 aliphatic rings. The number of aromatic nitrogens is 3. The van der Waals surface area contributed by atoms with Crippen molar-refractivity contribution in [3.05, 3.63) is 39.2 Å². The highest BCUT2D eigenvalue weighted by molar-refractivity contribution is 7.15. The van der Waals surface area contributed by atoms with Crippen molar-refractivity contribution in [2.24, 2.45) is 0 Å². The number of anilines is 2. The van der Waals surface area contributed by atoms with Gasteiger partial charge in [0.15, 0.2) is 0 Å². The number of thiazole rings is 1. The Labute approximate surface area is 191 Å². The van der Waals surface area contributed by atoms with Crippen LogP contribution in [0.2, 0.25) is 0 Å². The van der Waals surface area contributed by atoms with Crippen molar-refractivity contribution in [1.29, 1.82) is 0 Å². The molecule has 170 valence electrons. The van der Waals surface area contributed by atoms with Gasteiger partial charge in [-0.05, 0) is 38.8 Å². The largest absolute Gasteiger partial charge is 0.377 e. The maximum absolute atomic E-state index is 13.4. The van der Waals surface area contributed by atoms with Crippen molar-refractivity contribution in [2.45, 2.75) is 44.8 Å². The van der Waals surface area contributed by atoms with E-state index in [9.17, 15) is 4.79 Å². The summed E-state index contributed by atoms with van der Waals surface area (Å²) in [6, 6.07) is 0.234. The van der Waals surface area contributed by atoms with Gasteiger partial charge in [0, 0.05) is 37.0 Å². The molecule has 1 aliphatic carbocycles. The molecule has 4 heterocycles. The number of nitrogens with one attached hydrogen (secondary N) is 3. The van der Waals surface area contributed by atoms with Crippen LogP contribution in [0.1, 0.15) is 36.8 Å². The van der Waals surface area contributed by atoms with E-state index in [1.165, 1.54) is 0 Å². The topological polar surface area (TPSA) is 95.2 Å². The lowest BCUT2D eigenvalue weighted by Gasteiger charge is -2.26. The van der Waals surface area contributed by atoms with Gasteiger partial charge < -0.3 is 20.3 Å². The zero-order valence-corrected chi connectivity index (χ0v) is 19.2. The summed E-state index contributed by atoms with van der Waals surface area (Å²) in [7, 11) is 0. The van der Waals surface area contributed by atoms with Crippen LogP contribution >= 0.6 is 11.3 Å². The average Bonchev–Trinajstić information content (AvgIpc) is 2.92. The van der Waals surface area contributed by atoms with Crippen LogP contribution in [0.5, 0.6) is 0 Å². The summed E-state index contributed by atoms with van der Waals surface area (Å²) in [5, 5.41) is 7.72. The zero-order valence-electron chi connectivity index (χ0n) is 18.4. The molecule has 2 aromatic rings. The zero-order chi connectivity index (χ0) is 21.9. The van der Waals surface area contributed by atoms with E-state index < -0.39 is 0 Å². The number of allylic oxidation sites excluding steroid dienone is 3. The highest BCUT2D eigenvalue weighted by Gasteiger charge is 2.24. The molecule has 0 aromatic carbocycles. The molecule has 0 radical (unpaired) electrons. The normalized spacial score (nSPS) is 23.5. The van der Waals surface area contributed by atoms with Crippen molar-refractivity contribution >= 4 is 29.2 Å². The van der Waals surface area contributed by atoms with E-state index in [1.807, 2.05) is 18.2 Å². The molecule has 32 heavy (non-hydrogen) atoms. The van der Waals surface area contributed by atoms with Crippen molar-refractivity contribution in [2.75, 3.05) is 43.0 Å². The van der Waals surface area contributed by atoms with Gasteiger partial charge in [-0.3, -0.25) is 9.78 Å². The van der Waals surface area contributed by atoms with Gasteiger partial charge in [-0.2, -0.15) is 4.98 Å². The van der Waals surface area contributed by atoms with Crippen molar-refractivity contribution < 1.29 is 4.74 Å². The second-order valence-electron chi connectivity index (χ2n) is 8.58. The first kappa shape index (κ1) is 21.4. The molecule has 0 saturated carbocycles. The minimum atomic E-state index is -0.150. The molecular weight excluding hydrogens is 424 g/mol. The fourth-order valence-corrected chi connectivity index (χ4v) is 5.40. The predicted octanol–water partition coefficient (Wildman–Crippen LogP) is 2.80. The molecule has 0 bridgehead atoms. The molecule has 0 amide bonds. The Morgan fingerprint density at radius 1 is 1.25 bits per heavy atom. The molecule has 2 saturated heterocycles. The number of hydrogen-bond acceptors (Lipinski definition) is 8. The van der Waals surface area contributed by atoms with E-state index in [0.29, 0.717) is 35.5 Å². The van der Waals surface area contributed by atoms with Crippen LogP contribution in [0.3, 0.4) is 0 Å². The van der Waals surface area contributed by atoms with Crippen LogP contribution in [0.15, 0.2) is 23.0 Å². The lowest BCUT2D eigenvalue weighted by Crippen LogP contribution is -2.39. The van der Waals surface area contributed by atoms with E-state index >= 15 is 0 Å². The van der Waals surface area contributed by atoms with Crippen LogP contribution < -0.4 is 21.1 Å². The van der Waals surface area contributed by atoms with E-state index in [1.54, 1.807) is 11.3 Å². The molecule has 2 atom stereocenters. The highest BCUT2D eigenvalue weighted by Crippen LogP contribution is 2.33. The number of fused-ring (bicyclic) bond motifs is 1. The average molecular weight is 455 g/mol. The van der Waals surface area contributed by atoms with Gasteiger partial charge in [0.2, 0.25) is 5.95 Å². The summed E-state index contributed by atoms with van der Waals surface area (Å²) in [5.41, 5.74) is 1.32. The summed E-state index contributed by atoms with van der Waals surface area (Å²) in [6.07, 6.45) is 12.2. The number of rotatable bonds is 4. The fourth-order valence-electron chi connectivity index (χ4n) is 4.34. The van der Waals surface area contributed by atoms with E-state index in [4.69, 9.17) is 14.7 Å². The Kier molecular flexibility index (Phi) is 6.38. The quantitative estimate of drug-likeness (QED) is 0.654. The van der Waals surface area contributed by atoms with Crippen LogP contribution in [0.25, 0.3) is 16.6 Å². The summed E-state index contributed by atoms with van der Waals surface area (Å²) in [6.45, 7) is 6.11. The molecular formula is C23H30N6O2S. The summed E-state index contributed by atoms with van der Waals surface area (Å²) >= 11 is 1.57. The third-order valence-electron chi connectivity index (χ3n) is 6.16. The van der Waals surface area contributed by atoms with Gasteiger partial charge in [-0.15, -0.1) is 11.3 Å². The molecule has 0 spiro atoms. The van der Waals surface area contributed by atoms with Gasteiger partial charge >= 0.3 is 0 Å². The number of aromatic amines is 1. The van der Waals surface area contributed by atoms with Crippen molar-refractivity contribution in [1.82, 2.24) is 20.3 Å². The number of nitrogens with zero attached hydrogens (tertiary/aromatic N) is 3. The van der Waals surface area contributed by atoms with Crippen LogP contribution in [0.4, 0.5) is 11.8 Å². The molecule has 3 N–H and O–H groups in total. The Morgan fingerprint density at radius 2 is 2.19 bits per heavy atom. The number of ether oxygens (including phenoxy) is 1. The van der Waals surface area contributed by atoms with E-state index in [-0.39, 0.29) is 17.7 Å². The Morgan fingerprint density at radius 3 is 3.06 bits per heavy atom. The summed E-state index contributed by atoms with van der Waals surface area (Å²) < 4.78 is 5.78.